The minimum atomic E-state index is -4.39. The Morgan fingerprint density at radius 1 is 1.38 bits per heavy atom. The lowest BCUT2D eigenvalue weighted by molar-refractivity contribution is -0.137. The van der Waals surface area contributed by atoms with Gasteiger partial charge in [-0.2, -0.15) is 18.3 Å². The van der Waals surface area contributed by atoms with Gasteiger partial charge in [0.15, 0.2) is 0 Å². The Balaban J connectivity index is 2.35. The largest absolute Gasteiger partial charge is 0.416 e. The Morgan fingerprint density at radius 2 is 2.10 bits per heavy atom. The van der Waals surface area contributed by atoms with E-state index >= 15 is 0 Å². The number of nitrogens with zero attached hydrogens (tertiary/aromatic N) is 2. The Labute approximate surface area is 129 Å². The molecule has 1 aromatic carbocycles. The third-order valence-electron chi connectivity index (χ3n) is 3.12. The highest BCUT2D eigenvalue weighted by atomic mass is 79.9. The summed E-state index contributed by atoms with van der Waals surface area (Å²) in [6, 6.07) is 2.81. The van der Waals surface area contributed by atoms with Gasteiger partial charge < -0.3 is 5.73 Å². The average Bonchev–Trinajstić information content (AvgIpc) is 2.86. The molecule has 0 amide bonds. The summed E-state index contributed by atoms with van der Waals surface area (Å²) in [7, 11) is 0. The predicted octanol–water partition coefficient (Wildman–Crippen LogP) is 4.12. The number of alkyl halides is 3. The van der Waals surface area contributed by atoms with Gasteiger partial charge in [-0.1, -0.05) is 22.9 Å². The lowest BCUT2D eigenvalue weighted by Crippen LogP contribution is -2.14. The van der Waals surface area contributed by atoms with Gasteiger partial charge in [0, 0.05) is 22.8 Å². The zero-order valence-electron chi connectivity index (χ0n) is 11.4. The molecule has 0 aliphatic rings. The molecule has 0 radical (unpaired) electrons. The molecule has 2 aromatic rings. The monoisotopic (exact) mass is 361 g/mol. The first kappa shape index (κ1) is 16.0. The lowest BCUT2D eigenvalue weighted by atomic mass is 10.0. The first-order valence-corrected chi connectivity index (χ1v) is 7.26. The summed E-state index contributed by atoms with van der Waals surface area (Å²) in [6.07, 6.45) is -0.112. The first-order chi connectivity index (χ1) is 9.82. The molecule has 1 unspecified atom stereocenters. The van der Waals surface area contributed by atoms with Crippen molar-refractivity contribution in [2.45, 2.75) is 32.1 Å². The SMILES string of the molecule is CCCn1cc(C(N)c2cc(C(F)(F)F)ccc2Br)cn1. The Morgan fingerprint density at radius 3 is 2.71 bits per heavy atom. The number of benzene rings is 1. The Kier molecular flexibility index (Phi) is 4.73. The van der Waals surface area contributed by atoms with Crippen molar-refractivity contribution in [3.8, 4) is 0 Å². The van der Waals surface area contributed by atoms with Crippen LogP contribution in [-0.2, 0) is 12.7 Å². The summed E-state index contributed by atoms with van der Waals surface area (Å²) in [5, 5.41) is 4.15. The van der Waals surface area contributed by atoms with Gasteiger partial charge in [-0.15, -0.1) is 0 Å². The Hall–Kier alpha value is -1.34. The van der Waals surface area contributed by atoms with Crippen LogP contribution in [0.1, 0.15) is 36.1 Å². The van der Waals surface area contributed by atoms with Gasteiger partial charge in [-0.05, 0) is 30.2 Å². The van der Waals surface area contributed by atoms with Crippen LogP contribution in [0.3, 0.4) is 0 Å². The zero-order chi connectivity index (χ0) is 15.6. The number of aromatic nitrogens is 2. The van der Waals surface area contributed by atoms with Crippen LogP contribution < -0.4 is 5.73 Å². The van der Waals surface area contributed by atoms with Gasteiger partial charge in [0.25, 0.3) is 0 Å². The molecule has 2 rings (SSSR count). The molecule has 0 saturated heterocycles. The highest BCUT2D eigenvalue weighted by Crippen LogP contribution is 2.34. The molecule has 1 aromatic heterocycles. The van der Waals surface area contributed by atoms with Crippen LogP contribution in [0.4, 0.5) is 13.2 Å². The van der Waals surface area contributed by atoms with E-state index in [9.17, 15) is 13.2 Å². The molecule has 0 aliphatic heterocycles. The molecule has 0 bridgehead atoms. The maximum atomic E-state index is 12.8. The molecule has 7 heteroatoms. The normalized spacial score (nSPS) is 13.4. The predicted molar refractivity (Wildman–Crippen MR) is 77.7 cm³/mol. The fourth-order valence-electron chi connectivity index (χ4n) is 2.03. The molecule has 0 aliphatic carbocycles. The van der Waals surface area contributed by atoms with Crippen LogP contribution in [0, 0.1) is 0 Å². The molecule has 0 spiro atoms. The number of hydrogen-bond donors (Lipinski definition) is 1. The standard InChI is InChI=1S/C14H15BrF3N3/c1-2-5-21-8-9(7-20-21)13(19)11-6-10(14(16,17)18)3-4-12(11)15/h3-4,6-8,13H,2,5,19H2,1H3. The van der Waals surface area contributed by atoms with Crippen molar-refractivity contribution in [1.29, 1.82) is 0 Å². The minimum absolute atomic E-state index is 0.390. The third-order valence-corrected chi connectivity index (χ3v) is 3.85. The molecular weight excluding hydrogens is 347 g/mol. The quantitative estimate of drug-likeness (QED) is 0.889. The highest BCUT2D eigenvalue weighted by molar-refractivity contribution is 9.10. The second-order valence-corrected chi connectivity index (χ2v) is 5.60. The number of halogens is 4. The second kappa shape index (κ2) is 6.19. The van der Waals surface area contributed by atoms with Crippen molar-refractivity contribution in [3.63, 3.8) is 0 Å². The van der Waals surface area contributed by atoms with Crippen molar-refractivity contribution in [3.05, 3.63) is 51.8 Å². The Bertz CT molecular complexity index is 622. The minimum Gasteiger partial charge on any atom is -0.320 e. The summed E-state index contributed by atoms with van der Waals surface area (Å²) >= 11 is 3.26. The van der Waals surface area contributed by atoms with E-state index in [1.807, 2.05) is 6.92 Å². The first-order valence-electron chi connectivity index (χ1n) is 6.47. The van der Waals surface area contributed by atoms with E-state index in [0.717, 1.165) is 25.1 Å². The topological polar surface area (TPSA) is 43.8 Å². The molecular formula is C14H15BrF3N3. The van der Waals surface area contributed by atoms with E-state index in [4.69, 9.17) is 5.73 Å². The van der Waals surface area contributed by atoms with Gasteiger partial charge in [-0.3, -0.25) is 4.68 Å². The molecule has 3 nitrogen and oxygen atoms in total. The summed E-state index contributed by atoms with van der Waals surface area (Å²) in [4.78, 5) is 0. The fraction of sp³-hybridized carbons (Fsp3) is 0.357. The molecule has 1 atom stereocenters. The molecule has 0 saturated carbocycles. The third kappa shape index (κ3) is 3.65. The average molecular weight is 362 g/mol. The maximum Gasteiger partial charge on any atom is 0.416 e. The van der Waals surface area contributed by atoms with E-state index in [-0.39, 0.29) is 0 Å². The molecule has 1 heterocycles. The van der Waals surface area contributed by atoms with Gasteiger partial charge in [0.05, 0.1) is 17.8 Å². The van der Waals surface area contributed by atoms with Crippen LogP contribution >= 0.6 is 15.9 Å². The van der Waals surface area contributed by atoms with Crippen LogP contribution in [-0.4, -0.2) is 9.78 Å². The summed E-state index contributed by atoms with van der Waals surface area (Å²) in [5.41, 5.74) is 6.45. The number of aryl methyl sites for hydroxylation is 1. The highest BCUT2D eigenvalue weighted by Gasteiger charge is 2.31. The molecule has 0 fully saturated rings. The lowest BCUT2D eigenvalue weighted by Gasteiger charge is -2.15. The maximum absolute atomic E-state index is 12.8. The summed E-state index contributed by atoms with van der Waals surface area (Å²) < 4.78 is 40.7. The van der Waals surface area contributed by atoms with E-state index in [0.29, 0.717) is 15.6 Å². The van der Waals surface area contributed by atoms with Crippen LogP contribution in [0.15, 0.2) is 35.1 Å². The van der Waals surface area contributed by atoms with Crippen LogP contribution in [0.5, 0.6) is 0 Å². The molecule has 2 N–H and O–H groups in total. The van der Waals surface area contributed by atoms with Gasteiger partial charge in [0.1, 0.15) is 0 Å². The van der Waals surface area contributed by atoms with Crippen molar-refractivity contribution in [2.24, 2.45) is 5.73 Å². The van der Waals surface area contributed by atoms with Crippen LogP contribution in [0.25, 0.3) is 0 Å². The van der Waals surface area contributed by atoms with E-state index < -0.39 is 17.8 Å². The second-order valence-electron chi connectivity index (χ2n) is 4.75. The van der Waals surface area contributed by atoms with Crippen molar-refractivity contribution in [2.75, 3.05) is 0 Å². The van der Waals surface area contributed by atoms with E-state index in [1.54, 1.807) is 17.1 Å². The van der Waals surface area contributed by atoms with Gasteiger partial charge in [-0.25, -0.2) is 0 Å². The van der Waals surface area contributed by atoms with Crippen LogP contribution in [0.2, 0.25) is 0 Å². The number of nitrogens with two attached hydrogens (primary N) is 1. The smallest absolute Gasteiger partial charge is 0.320 e. The number of rotatable bonds is 4. The number of hydrogen-bond acceptors (Lipinski definition) is 2. The van der Waals surface area contributed by atoms with Gasteiger partial charge in [0.2, 0.25) is 0 Å². The molecule has 114 valence electrons. The fourth-order valence-corrected chi connectivity index (χ4v) is 2.52. The van der Waals surface area contributed by atoms with Gasteiger partial charge >= 0.3 is 6.18 Å². The summed E-state index contributed by atoms with van der Waals surface area (Å²) in [6.45, 7) is 2.77. The van der Waals surface area contributed by atoms with Crippen molar-refractivity contribution >= 4 is 15.9 Å². The summed E-state index contributed by atoms with van der Waals surface area (Å²) in [5.74, 6) is 0. The van der Waals surface area contributed by atoms with Crippen molar-refractivity contribution < 1.29 is 13.2 Å². The zero-order valence-corrected chi connectivity index (χ0v) is 12.9. The van der Waals surface area contributed by atoms with E-state index in [1.165, 1.54) is 6.07 Å². The van der Waals surface area contributed by atoms with E-state index in [2.05, 4.69) is 21.0 Å². The van der Waals surface area contributed by atoms with Crippen molar-refractivity contribution in [1.82, 2.24) is 9.78 Å². The molecule has 21 heavy (non-hydrogen) atoms.